The van der Waals surface area contributed by atoms with Crippen LogP contribution in [0.1, 0.15) is 56.1 Å². The minimum Gasteiger partial charge on any atom is -0.360 e. The molecule has 0 heterocycles. The second-order valence-electron chi connectivity index (χ2n) is 6.08. The van der Waals surface area contributed by atoms with Crippen LogP contribution in [0.5, 0.6) is 0 Å². The van der Waals surface area contributed by atoms with Gasteiger partial charge in [0.05, 0.1) is 0 Å². The fraction of sp³-hybridized carbons (Fsp3) is 0.588. The van der Waals surface area contributed by atoms with Crippen LogP contribution in [-0.4, -0.2) is 11.2 Å². The lowest BCUT2D eigenvalue weighted by Crippen LogP contribution is -2.39. The highest BCUT2D eigenvalue weighted by Gasteiger charge is 2.16. The second-order valence-corrected chi connectivity index (χ2v) is 6.49. The highest BCUT2D eigenvalue weighted by Crippen LogP contribution is 2.28. The van der Waals surface area contributed by atoms with Crippen LogP contribution in [0.25, 0.3) is 0 Å². The fourth-order valence-electron chi connectivity index (χ4n) is 3.49. The number of fused-ring (bicyclic) bond motifs is 1. The molecular formula is C17H24N2S. The Kier molecular flexibility index (Phi) is 4.56. The maximum absolute atomic E-state index is 5.50. The molecule has 3 heteroatoms. The standard InChI is InChI=1S/C17H24N2S/c20-17(18-14-9-2-1-3-10-14)19-16-12-6-8-13-7-4-5-11-15(13)16/h6,8,12,14H,1-5,7,9-11H2,(H2,18,19,20). The smallest absolute Gasteiger partial charge is 0.171 e. The number of hydrogen-bond acceptors (Lipinski definition) is 1. The fourth-order valence-corrected chi connectivity index (χ4v) is 3.77. The SMILES string of the molecule is S=C(Nc1cccc2c1CCCC2)NC1CCCCC1. The van der Waals surface area contributed by atoms with E-state index in [-0.39, 0.29) is 0 Å². The molecule has 1 aromatic rings. The molecule has 0 radical (unpaired) electrons. The summed E-state index contributed by atoms with van der Waals surface area (Å²) in [6.07, 6.45) is 11.6. The highest BCUT2D eigenvalue weighted by molar-refractivity contribution is 7.80. The molecule has 0 saturated heterocycles. The van der Waals surface area contributed by atoms with Gasteiger partial charge in [0.2, 0.25) is 0 Å². The summed E-state index contributed by atoms with van der Waals surface area (Å²) < 4.78 is 0. The second kappa shape index (κ2) is 6.57. The number of benzene rings is 1. The molecule has 0 spiro atoms. The first-order valence-corrected chi connectivity index (χ1v) is 8.42. The molecule has 2 N–H and O–H groups in total. The van der Waals surface area contributed by atoms with E-state index in [1.807, 2.05) is 0 Å². The highest BCUT2D eigenvalue weighted by atomic mass is 32.1. The third kappa shape index (κ3) is 3.32. The van der Waals surface area contributed by atoms with Crippen LogP contribution in [0.4, 0.5) is 5.69 Å². The van der Waals surface area contributed by atoms with Gasteiger partial charge in [0.15, 0.2) is 5.11 Å². The Hall–Kier alpha value is -1.09. The maximum atomic E-state index is 5.50. The number of hydrogen-bond donors (Lipinski definition) is 2. The van der Waals surface area contributed by atoms with Crippen molar-refractivity contribution < 1.29 is 0 Å². The van der Waals surface area contributed by atoms with Crippen molar-refractivity contribution in [3.63, 3.8) is 0 Å². The summed E-state index contributed by atoms with van der Waals surface area (Å²) in [5.74, 6) is 0. The van der Waals surface area contributed by atoms with Crippen LogP contribution in [0.15, 0.2) is 18.2 Å². The van der Waals surface area contributed by atoms with E-state index in [1.54, 1.807) is 0 Å². The van der Waals surface area contributed by atoms with Crippen LogP contribution < -0.4 is 10.6 Å². The van der Waals surface area contributed by atoms with Crippen molar-refractivity contribution in [1.82, 2.24) is 5.32 Å². The molecule has 0 amide bonds. The lowest BCUT2D eigenvalue weighted by molar-refractivity contribution is 0.415. The van der Waals surface area contributed by atoms with Crippen LogP contribution in [-0.2, 0) is 12.8 Å². The Labute approximate surface area is 127 Å². The molecule has 1 saturated carbocycles. The van der Waals surface area contributed by atoms with Gasteiger partial charge in [-0.15, -0.1) is 0 Å². The van der Waals surface area contributed by atoms with Gasteiger partial charge in [-0.3, -0.25) is 0 Å². The predicted octanol–water partition coefficient (Wildman–Crippen LogP) is 4.18. The lowest BCUT2D eigenvalue weighted by atomic mass is 9.90. The molecule has 0 bridgehead atoms. The maximum Gasteiger partial charge on any atom is 0.171 e. The quantitative estimate of drug-likeness (QED) is 0.798. The van der Waals surface area contributed by atoms with Gasteiger partial charge in [0.25, 0.3) is 0 Å². The Morgan fingerprint density at radius 2 is 1.80 bits per heavy atom. The van der Waals surface area contributed by atoms with Crippen molar-refractivity contribution in [1.29, 1.82) is 0 Å². The summed E-state index contributed by atoms with van der Waals surface area (Å²) in [5, 5.41) is 7.73. The van der Waals surface area contributed by atoms with E-state index in [2.05, 4.69) is 28.8 Å². The number of thiocarbonyl (C=S) groups is 1. The van der Waals surface area contributed by atoms with Gasteiger partial charge >= 0.3 is 0 Å². The van der Waals surface area contributed by atoms with E-state index < -0.39 is 0 Å². The lowest BCUT2D eigenvalue weighted by Gasteiger charge is -2.25. The summed E-state index contributed by atoms with van der Waals surface area (Å²) in [6.45, 7) is 0. The van der Waals surface area contributed by atoms with E-state index in [0.717, 1.165) is 5.11 Å². The number of rotatable bonds is 2. The monoisotopic (exact) mass is 288 g/mol. The predicted molar refractivity (Wildman–Crippen MR) is 89.3 cm³/mol. The van der Waals surface area contributed by atoms with E-state index in [0.29, 0.717) is 6.04 Å². The molecular weight excluding hydrogens is 264 g/mol. The van der Waals surface area contributed by atoms with Crippen molar-refractivity contribution in [2.75, 3.05) is 5.32 Å². The molecule has 1 fully saturated rings. The van der Waals surface area contributed by atoms with E-state index in [4.69, 9.17) is 12.2 Å². The average molecular weight is 288 g/mol. The molecule has 0 unspecified atom stereocenters. The minimum atomic E-state index is 0.572. The van der Waals surface area contributed by atoms with Gasteiger partial charge in [-0.1, -0.05) is 31.4 Å². The number of aryl methyl sites for hydroxylation is 1. The van der Waals surface area contributed by atoms with Crippen LogP contribution >= 0.6 is 12.2 Å². The summed E-state index contributed by atoms with van der Waals surface area (Å²) in [6, 6.07) is 7.15. The van der Waals surface area contributed by atoms with E-state index in [9.17, 15) is 0 Å². The largest absolute Gasteiger partial charge is 0.360 e. The van der Waals surface area contributed by atoms with E-state index >= 15 is 0 Å². The zero-order valence-electron chi connectivity index (χ0n) is 12.1. The Balaban J connectivity index is 1.63. The molecule has 0 atom stereocenters. The first kappa shape index (κ1) is 13.9. The molecule has 0 aliphatic heterocycles. The normalized spacial score (nSPS) is 19.2. The Bertz CT molecular complexity index is 478. The van der Waals surface area contributed by atoms with Crippen LogP contribution in [0.3, 0.4) is 0 Å². The van der Waals surface area contributed by atoms with E-state index in [1.165, 1.54) is 74.6 Å². The minimum absolute atomic E-state index is 0.572. The summed E-state index contributed by atoms with van der Waals surface area (Å²) in [4.78, 5) is 0. The van der Waals surface area contributed by atoms with Gasteiger partial charge in [-0.2, -0.15) is 0 Å². The number of anilines is 1. The summed E-state index contributed by atoms with van der Waals surface area (Å²) >= 11 is 5.50. The first-order valence-electron chi connectivity index (χ1n) is 8.01. The zero-order chi connectivity index (χ0) is 13.8. The molecule has 20 heavy (non-hydrogen) atoms. The zero-order valence-corrected chi connectivity index (χ0v) is 12.9. The van der Waals surface area contributed by atoms with Gasteiger partial charge in [-0.05, 0) is 67.9 Å². The Morgan fingerprint density at radius 1 is 1.00 bits per heavy atom. The Morgan fingerprint density at radius 3 is 2.65 bits per heavy atom. The summed E-state index contributed by atoms with van der Waals surface area (Å²) in [5.41, 5.74) is 4.20. The molecule has 3 rings (SSSR count). The summed E-state index contributed by atoms with van der Waals surface area (Å²) in [7, 11) is 0. The van der Waals surface area contributed by atoms with Crippen LogP contribution in [0.2, 0.25) is 0 Å². The van der Waals surface area contributed by atoms with Crippen LogP contribution in [0, 0.1) is 0 Å². The van der Waals surface area contributed by atoms with Crippen molar-refractivity contribution in [3.8, 4) is 0 Å². The van der Waals surface area contributed by atoms with Crippen molar-refractivity contribution in [2.45, 2.75) is 63.8 Å². The first-order chi connectivity index (χ1) is 9.83. The van der Waals surface area contributed by atoms with Gasteiger partial charge in [0, 0.05) is 11.7 Å². The van der Waals surface area contributed by atoms with Crippen molar-refractivity contribution in [2.24, 2.45) is 0 Å². The number of nitrogens with one attached hydrogen (secondary N) is 2. The van der Waals surface area contributed by atoms with Crippen molar-refractivity contribution in [3.05, 3.63) is 29.3 Å². The van der Waals surface area contributed by atoms with Gasteiger partial charge in [-0.25, -0.2) is 0 Å². The van der Waals surface area contributed by atoms with Gasteiger partial charge < -0.3 is 10.6 Å². The molecule has 108 valence electrons. The van der Waals surface area contributed by atoms with Gasteiger partial charge in [0.1, 0.15) is 0 Å². The molecule has 2 aliphatic rings. The third-order valence-corrected chi connectivity index (χ3v) is 4.80. The molecule has 1 aromatic carbocycles. The molecule has 2 nitrogen and oxygen atoms in total. The third-order valence-electron chi connectivity index (χ3n) is 4.58. The average Bonchev–Trinajstić information content (AvgIpc) is 2.48. The topological polar surface area (TPSA) is 24.1 Å². The molecule has 2 aliphatic carbocycles. The molecule has 0 aromatic heterocycles. The van der Waals surface area contributed by atoms with Crippen molar-refractivity contribution >= 4 is 23.0 Å².